The van der Waals surface area contributed by atoms with Gasteiger partial charge in [0.2, 0.25) is 5.91 Å². The first-order valence-electron chi connectivity index (χ1n) is 8.75. The number of fused-ring (bicyclic) bond motifs is 1. The van der Waals surface area contributed by atoms with Gasteiger partial charge in [-0.2, -0.15) is 0 Å². The highest BCUT2D eigenvalue weighted by Gasteiger charge is 2.22. The number of amides is 1. The summed E-state index contributed by atoms with van der Waals surface area (Å²) >= 11 is 0. The summed E-state index contributed by atoms with van der Waals surface area (Å²) < 4.78 is 4.93. The van der Waals surface area contributed by atoms with Gasteiger partial charge in [0.1, 0.15) is 12.1 Å². The van der Waals surface area contributed by atoms with Crippen molar-refractivity contribution in [3.63, 3.8) is 0 Å². The Hall–Kier alpha value is -2.37. The van der Waals surface area contributed by atoms with Gasteiger partial charge in [-0.15, -0.1) is 0 Å². The second-order valence-electron chi connectivity index (χ2n) is 7.96. The average Bonchev–Trinajstić information content (AvgIpc) is 3.00. The van der Waals surface area contributed by atoms with Crippen LogP contribution in [-0.4, -0.2) is 22.6 Å². The largest absolute Gasteiger partial charge is 0.366 e. The van der Waals surface area contributed by atoms with E-state index in [0.717, 1.165) is 48.4 Å². The number of pyridine rings is 1. The van der Waals surface area contributed by atoms with Gasteiger partial charge >= 0.3 is 0 Å². The van der Waals surface area contributed by atoms with Gasteiger partial charge in [0, 0.05) is 25.1 Å². The Morgan fingerprint density at radius 1 is 1.40 bits per heavy atom. The van der Waals surface area contributed by atoms with Crippen molar-refractivity contribution in [3.8, 4) is 0 Å². The Morgan fingerprint density at radius 3 is 2.88 bits per heavy atom. The van der Waals surface area contributed by atoms with E-state index in [1.165, 1.54) is 0 Å². The molecule has 134 valence electrons. The molecule has 25 heavy (non-hydrogen) atoms. The molecule has 0 spiro atoms. The molecule has 0 aromatic carbocycles. The summed E-state index contributed by atoms with van der Waals surface area (Å²) in [6.07, 6.45) is 5.87. The highest BCUT2D eigenvalue weighted by Crippen LogP contribution is 2.31. The van der Waals surface area contributed by atoms with Crippen LogP contribution in [0.15, 0.2) is 23.0 Å². The Balaban J connectivity index is 1.79. The molecule has 3 heterocycles. The number of hydrogen-bond donors (Lipinski definition) is 1. The predicted molar refractivity (Wildman–Crippen MR) is 97.5 cm³/mol. The lowest BCUT2D eigenvalue weighted by atomic mass is 9.92. The molecular formula is C19H26N4O2. The summed E-state index contributed by atoms with van der Waals surface area (Å²) in [5.41, 5.74) is 4.17. The molecule has 0 atom stereocenters. The molecule has 1 aliphatic heterocycles. The summed E-state index contributed by atoms with van der Waals surface area (Å²) in [6.45, 7) is 9.90. The van der Waals surface area contributed by atoms with E-state index in [9.17, 15) is 4.79 Å². The van der Waals surface area contributed by atoms with Gasteiger partial charge in [0.25, 0.3) is 0 Å². The number of aryl methyl sites for hydroxylation is 2. The average molecular weight is 342 g/mol. The molecule has 0 fully saturated rings. The molecule has 2 aromatic heterocycles. The van der Waals surface area contributed by atoms with Crippen LogP contribution >= 0.6 is 0 Å². The zero-order chi connectivity index (χ0) is 18.0. The maximum Gasteiger partial charge on any atom is 0.226 e. The monoisotopic (exact) mass is 342 g/mol. The zero-order valence-corrected chi connectivity index (χ0v) is 15.4. The lowest BCUT2D eigenvalue weighted by Crippen LogP contribution is -2.30. The minimum absolute atomic E-state index is 0.0141. The highest BCUT2D eigenvalue weighted by molar-refractivity contribution is 5.91. The smallest absolute Gasteiger partial charge is 0.226 e. The van der Waals surface area contributed by atoms with E-state index >= 15 is 0 Å². The van der Waals surface area contributed by atoms with E-state index in [2.05, 4.69) is 42.2 Å². The van der Waals surface area contributed by atoms with Crippen LogP contribution in [0.25, 0.3) is 0 Å². The van der Waals surface area contributed by atoms with E-state index in [0.29, 0.717) is 12.2 Å². The van der Waals surface area contributed by atoms with Gasteiger partial charge in [-0.1, -0.05) is 25.9 Å². The molecular weight excluding hydrogens is 316 g/mol. The fourth-order valence-corrected chi connectivity index (χ4v) is 3.13. The Bertz CT molecular complexity index is 748. The first kappa shape index (κ1) is 17.5. The first-order valence-corrected chi connectivity index (χ1v) is 8.75. The normalized spacial score (nSPS) is 14.3. The van der Waals surface area contributed by atoms with Crippen molar-refractivity contribution in [2.24, 2.45) is 5.41 Å². The molecule has 0 unspecified atom stereocenters. The molecule has 0 saturated carbocycles. The minimum Gasteiger partial charge on any atom is -0.366 e. The number of nitrogens with zero attached hydrogens (tertiary/aromatic N) is 3. The van der Waals surface area contributed by atoms with Crippen LogP contribution in [-0.2, 0) is 17.8 Å². The zero-order valence-electron chi connectivity index (χ0n) is 15.4. The van der Waals surface area contributed by atoms with E-state index in [-0.39, 0.29) is 11.3 Å². The van der Waals surface area contributed by atoms with E-state index in [4.69, 9.17) is 9.51 Å². The van der Waals surface area contributed by atoms with Crippen LogP contribution in [0.3, 0.4) is 0 Å². The van der Waals surface area contributed by atoms with Crippen LogP contribution in [0.2, 0.25) is 0 Å². The lowest BCUT2D eigenvalue weighted by molar-refractivity contribution is -0.117. The van der Waals surface area contributed by atoms with Crippen molar-refractivity contribution >= 4 is 17.4 Å². The molecule has 0 aliphatic carbocycles. The molecule has 0 saturated heterocycles. The van der Waals surface area contributed by atoms with Crippen molar-refractivity contribution < 1.29 is 9.32 Å². The van der Waals surface area contributed by atoms with Gasteiger partial charge in [-0.25, -0.2) is 4.98 Å². The van der Waals surface area contributed by atoms with Crippen LogP contribution in [0.4, 0.5) is 11.5 Å². The van der Waals surface area contributed by atoms with Crippen molar-refractivity contribution in [2.45, 2.75) is 53.5 Å². The van der Waals surface area contributed by atoms with Gasteiger partial charge in [-0.3, -0.25) is 4.79 Å². The Morgan fingerprint density at radius 2 is 2.20 bits per heavy atom. The summed E-state index contributed by atoms with van der Waals surface area (Å²) in [4.78, 5) is 19.3. The molecule has 2 aromatic rings. The quantitative estimate of drug-likeness (QED) is 0.917. The molecule has 6 heteroatoms. The second-order valence-corrected chi connectivity index (χ2v) is 7.96. The SMILES string of the molecule is Cc1cc2c(nc1NC(=O)CC(C)(C)C)CCCN2Cc1cnoc1. The number of hydrogen-bond acceptors (Lipinski definition) is 5. The number of carbonyl (C=O) groups excluding carboxylic acids is 1. The molecule has 0 bridgehead atoms. The van der Waals surface area contributed by atoms with Gasteiger partial charge in [0.15, 0.2) is 0 Å². The summed E-state index contributed by atoms with van der Waals surface area (Å²) in [5, 5.41) is 6.76. The molecule has 1 amide bonds. The van der Waals surface area contributed by atoms with E-state index in [1.807, 2.05) is 6.92 Å². The molecule has 1 aliphatic rings. The second kappa shape index (κ2) is 6.86. The third-order valence-corrected chi connectivity index (χ3v) is 4.26. The molecule has 1 N–H and O–H groups in total. The minimum atomic E-state index is -0.0401. The Labute approximate surface area is 148 Å². The van der Waals surface area contributed by atoms with Gasteiger partial charge in [0.05, 0.1) is 17.6 Å². The number of anilines is 2. The van der Waals surface area contributed by atoms with Crippen LogP contribution in [0, 0.1) is 12.3 Å². The fraction of sp³-hybridized carbons (Fsp3) is 0.526. The van der Waals surface area contributed by atoms with Crippen LogP contribution in [0.1, 0.15) is 50.4 Å². The summed E-state index contributed by atoms with van der Waals surface area (Å²) in [7, 11) is 0. The van der Waals surface area contributed by atoms with E-state index in [1.54, 1.807) is 12.5 Å². The van der Waals surface area contributed by atoms with Crippen molar-refractivity contribution in [3.05, 3.63) is 35.3 Å². The van der Waals surface area contributed by atoms with Crippen LogP contribution in [0.5, 0.6) is 0 Å². The lowest BCUT2D eigenvalue weighted by Gasteiger charge is -2.31. The van der Waals surface area contributed by atoms with Crippen molar-refractivity contribution in [1.29, 1.82) is 0 Å². The standard InChI is InChI=1S/C19H26N4O2/c1-13-8-16-15(21-18(13)22-17(24)9-19(2,3)4)6-5-7-23(16)11-14-10-20-25-12-14/h8,10,12H,5-7,9,11H2,1-4H3,(H,21,22,24). The van der Waals surface area contributed by atoms with Crippen molar-refractivity contribution in [2.75, 3.05) is 16.8 Å². The maximum absolute atomic E-state index is 12.2. The number of carbonyl (C=O) groups is 1. The van der Waals surface area contributed by atoms with Gasteiger partial charge in [-0.05, 0) is 36.8 Å². The van der Waals surface area contributed by atoms with E-state index < -0.39 is 0 Å². The predicted octanol–water partition coefficient (Wildman–Crippen LogP) is 3.71. The third kappa shape index (κ3) is 4.38. The Kier molecular flexibility index (Phi) is 4.79. The number of nitrogens with one attached hydrogen (secondary N) is 1. The molecule has 6 nitrogen and oxygen atoms in total. The third-order valence-electron chi connectivity index (χ3n) is 4.26. The summed E-state index contributed by atoms with van der Waals surface area (Å²) in [5.74, 6) is 0.694. The topological polar surface area (TPSA) is 71.3 Å². The first-order chi connectivity index (χ1) is 11.8. The summed E-state index contributed by atoms with van der Waals surface area (Å²) in [6, 6.07) is 2.13. The maximum atomic E-state index is 12.2. The number of rotatable bonds is 4. The van der Waals surface area contributed by atoms with Gasteiger partial charge < -0.3 is 14.7 Å². The fourth-order valence-electron chi connectivity index (χ4n) is 3.13. The van der Waals surface area contributed by atoms with Crippen LogP contribution < -0.4 is 10.2 Å². The molecule has 3 rings (SSSR count). The number of aromatic nitrogens is 2. The molecule has 0 radical (unpaired) electrons. The highest BCUT2D eigenvalue weighted by atomic mass is 16.5. The van der Waals surface area contributed by atoms with Crippen molar-refractivity contribution in [1.82, 2.24) is 10.1 Å².